The van der Waals surface area contributed by atoms with Crippen molar-refractivity contribution in [3.05, 3.63) is 48.8 Å². The molecule has 4 aromatic rings. The van der Waals surface area contributed by atoms with Crippen LogP contribution < -0.4 is 24.2 Å². The van der Waals surface area contributed by atoms with E-state index in [0.29, 0.717) is 53.5 Å². The van der Waals surface area contributed by atoms with Gasteiger partial charge in [0.1, 0.15) is 10.6 Å². The first kappa shape index (κ1) is 28.9. The normalized spacial score (nSPS) is 11.6. The lowest BCUT2D eigenvalue weighted by atomic mass is 10.2. The predicted octanol–water partition coefficient (Wildman–Crippen LogP) is 2.71. The summed E-state index contributed by atoms with van der Waals surface area (Å²) in [7, 11) is 2.79. The van der Waals surface area contributed by atoms with Gasteiger partial charge in [0.25, 0.3) is 10.0 Å². The van der Waals surface area contributed by atoms with E-state index in [2.05, 4.69) is 25.1 Å². The fraction of sp³-hybridized carbons (Fsp3) is 0.346. The van der Waals surface area contributed by atoms with Crippen LogP contribution in [0.2, 0.25) is 0 Å². The van der Waals surface area contributed by atoms with E-state index in [9.17, 15) is 13.5 Å². The van der Waals surface area contributed by atoms with Crippen molar-refractivity contribution in [3.63, 3.8) is 0 Å². The third kappa shape index (κ3) is 6.89. The number of nitrogens with one attached hydrogen (secondary N) is 2. The summed E-state index contributed by atoms with van der Waals surface area (Å²) in [5.41, 5.74) is 1.44. The third-order valence-corrected chi connectivity index (χ3v) is 7.08. The van der Waals surface area contributed by atoms with Gasteiger partial charge in [0.2, 0.25) is 0 Å². The van der Waals surface area contributed by atoms with Crippen molar-refractivity contribution in [1.29, 1.82) is 0 Å². The van der Waals surface area contributed by atoms with Crippen LogP contribution in [0, 0.1) is 0 Å². The van der Waals surface area contributed by atoms with E-state index in [4.69, 9.17) is 14.2 Å². The molecule has 0 saturated carbocycles. The van der Waals surface area contributed by atoms with Crippen LogP contribution in [-0.2, 0) is 16.6 Å². The Morgan fingerprint density at radius 3 is 2.42 bits per heavy atom. The number of nitrogens with zero attached hydrogens (tertiary/aromatic N) is 5. The Hall–Kier alpha value is -4.14. The van der Waals surface area contributed by atoms with Gasteiger partial charge in [-0.15, -0.1) is 0 Å². The van der Waals surface area contributed by atoms with E-state index >= 15 is 0 Å². The average molecular weight is 572 g/mol. The van der Waals surface area contributed by atoms with Crippen LogP contribution in [0.4, 0.5) is 17.3 Å². The number of likely N-dealkylation sites (N-methyl/N-ethyl adjacent to an activating group) is 1. The molecular formula is C26H33N7O6S. The van der Waals surface area contributed by atoms with Gasteiger partial charge >= 0.3 is 0 Å². The number of para-hydroxylation sites is 2. The molecule has 13 nitrogen and oxygen atoms in total. The SMILES string of the molecule is COc1cc(Nc2nc3ccccc3nc2NS(=O)(=O)c2cnn(CCN(C)C)c2)c(OCCCO)c(OC)c1. The maximum atomic E-state index is 13.4. The second-order valence-corrected chi connectivity index (χ2v) is 10.7. The second kappa shape index (κ2) is 12.8. The molecule has 0 amide bonds. The molecule has 4 rings (SSSR count). The number of aromatic nitrogens is 4. The molecule has 0 spiro atoms. The molecule has 0 radical (unpaired) electrons. The predicted molar refractivity (Wildman–Crippen MR) is 151 cm³/mol. The maximum absolute atomic E-state index is 13.4. The lowest BCUT2D eigenvalue weighted by molar-refractivity contribution is 0.228. The van der Waals surface area contributed by atoms with Crippen LogP contribution in [0.25, 0.3) is 11.0 Å². The van der Waals surface area contributed by atoms with E-state index < -0.39 is 10.0 Å². The molecule has 2 aromatic carbocycles. The van der Waals surface area contributed by atoms with Crippen LogP contribution in [0.3, 0.4) is 0 Å². The van der Waals surface area contributed by atoms with Crippen LogP contribution in [0.5, 0.6) is 17.2 Å². The van der Waals surface area contributed by atoms with Crippen molar-refractivity contribution in [1.82, 2.24) is 24.6 Å². The molecule has 2 heterocycles. The van der Waals surface area contributed by atoms with Crippen LogP contribution >= 0.6 is 0 Å². The number of ether oxygens (including phenoxy) is 3. The zero-order chi connectivity index (χ0) is 28.7. The molecule has 0 atom stereocenters. The van der Waals surface area contributed by atoms with Crippen molar-refractivity contribution in [2.24, 2.45) is 0 Å². The molecule has 0 saturated heterocycles. The van der Waals surface area contributed by atoms with Gasteiger partial charge in [-0.3, -0.25) is 9.40 Å². The molecule has 0 unspecified atom stereocenters. The summed E-state index contributed by atoms with van der Waals surface area (Å²) in [5, 5.41) is 16.5. The monoisotopic (exact) mass is 571 g/mol. The van der Waals surface area contributed by atoms with E-state index in [0.717, 1.165) is 0 Å². The number of benzene rings is 2. The first-order valence-electron chi connectivity index (χ1n) is 12.5. The molecule has 0 aliphatic carbocycles. The van der Waals surface area contributed by atoms with Crippen molar-refractivity contribution >= 4 is 38.4 Å². The molecule has 3 N–H and O–H groups in total. The third-order valence-electron chi connectivity index (χ3n) is 5.78. The molecule has 14 heteroatoms. The smallest absolute Gasteiger partial charge is 0.266 e. The van der Waals surface area contributed by atoms with E-state index in [1.54, 1.807) is 35.0 Å². The van der Waals surface area contributed by atoms with Crippen molar-refractivity contribution in [3.8, 4) is 17.2 Å². The summed E-state index contributed by atoms with van der Waals surface area (Å²) in [6.07, 6.45) is 3.16. The summed E-state index contributed by atoms with van der Waals surface area (Å²) in [6, 6.07) is 10.4. The molecule has 0 aliphatic rings. The van der Waals surface area contributed by atoms with Gasteiger partial charge < -0.3 is 29.5 Å². The number of hydrogen-bond donors (Lipinski definition) is 3. The van der Waals surface area contributed by atoms with Crippen LogP contribution in [-0.4, -0.2) is 86.2 Å². The maximum Gasteiger partial charge on any atom is 0.266 e. The Morgan fingerprint density at radius 1 is 1.05 bits per heavy atom. The van der Waals surface area contributed by atoms with Gasteiger partial charge in [-0.25, -0.2) is 18.4 Å². The van der Waals surface area contributed by atoms with Crippen molar-refractivity contribution in [2.45, 2.75) is 17.9 Å². The highest BCUT2D eigenvalue weighted by Gasteiger charge is 2.23. The highest BCUT2D eigenvalue weighted by atomic mass is 32.2. The largest absolute Gasteiger partial charge is 0.497 e. The van der Waals surface area contributed by atoms with Gasteiger partial charge in [0.15, 0.2) is 23.1 Å². The minimum Gasteiger partial charge on any atom is -0.497 e. The van der Waals surface area contributed by atoms with E-state index in [-0.39, 0.29) is 29.7 Å². The fourth-order valence-corrected chi connectivity index (χ4v) is 4.67. The summed E-state index contributed by atoms with van der Waals surface area (Å²) >= 11 is 0. The molecule has 2 aromatic heterocycles. The zero-order valence-electron chi connectivity index (χ0n) is 22.8. The van der Waals surface area contributed by atoms with Gasteiger partial charge in [0, 0.05) is 37.9 Å². The first-order chi connectivity index (χ1) is 19.2. The molecule has 40 heavy (non-hydrogen) atoms. The van der Waals surface area contributed by atoms with Gasteiger partial charge in [-0.2, -0.15) is 5.10 Å². The average Bonchev–Trinajstić information content (AvgIpc) is 3.43. The molecule has 0 bridgehead atoms. The summed E-state index contributed by atoms with van der Waals surface area (Å²) < 4.78 is 47.7. The zero-order valence-corrected chi connectivity index (χ0v) is 23.6. The number of hydrogen-bond acceptors (Lipinski definition) is 11. The Bertz CT molecular complexity index is 1560. The van der Waals surface area contributed by atoms with Gasteiger partial charge in [-0.05, 0) is 26.2 Å². The summed E-state index contributed by atoms with van der Waals surface area (Å²) in [5.74, 6) is 1.28. The Balaban J connectivity index is 1.74. The van der Waals surface area contributed by atoms with Gasteiger partial charge in [-0.1, -0.05) is 12.1 Å². The first-order valence-corrected chi connectivity index (χ1v) is 14.0. The number of rotatable bonds is 14. The Kier molecular flexibility index (Phi) is 9.24. The number of fused-ring (bicyclic) bond motifs is 1. The van der Waals surface area contributed by atoms with Crippen LogP contribution in [0.1, 0.15) is 6.42 Å². The molecular weight excluding hydrogens is 538 g/mol. The molecule has 0 fully saturated rings. The number of anilines is 3. The molecule has 214 valence electrons. The van der Waals surface area contributed by atoms with Crippen LogP contribution in [0.15, 0.2) is 53.7 Å². The fourth-order valence-electron chi connectivity index (χ4n) is 3.71. The highest BCUT2D eigenvalue weighted by molar-refractivity contribution is 7.92. The Labute approximate surface area is 232 Å². The second-order valence-electron chi connectivity index (χ2n) is 9.01. The van der Waals surface area contributed by atoms with E-state index in [1.165, 1.54) is 26.6 Å². The van der Waals surface area contributed by atoms with Crippen molar-refractivity contribution < 1.29 is 27.7 Å². The summed E-state index contributed by atoms with van der Waals surface area (Å²) in [6.45, 7) is 1.40. The summed E-state index contributed by atoms with van der Waals surface area (Å²) in [4.78, 5) is 11.2. The van der Waals surface area contributed by atoms with Gasteiger partial charge in [0.05, 0.1) is 50.3 Å². The lowest BCUT2D eigenvalue weighted by Gasteiger charge is -2.19. The standard InChI is InChI=1S/C26H33N7O6S/c1-32(2)10-11-33-17-19(16-27-33)40(35,36)31-26-25(28-20-8-5-6-9-21(20)29-26)30-22-14-18(37-3)15-23(38-4)24(22)39-13-7-12-34/h5-6,8-9,14-17,34H,7,10-13H2,1-4H3,(H,28,30)(H,29,31). The quantitative estimate of drug-likeness (QED) is 0.192. The number of methoxy groups -OCH3 is 2. The number of aliphatic hydroxyl groups is 1. The minimum atomic E-state index is -4.07. The van der Waals surface area contributed by atoms with E-state index in [1.807, 2.05) is 25.1 Å². The topological polar surface area (TPSA) is 153 Å². The van der Waals surface area contributed by atoms with Crippen molar-refractivity contribution in [2.75, 3.05) is 58.1 Å². The number of sulfonamides is 1. The lowest BCUT2D eigenvalue weighted by Crippen LogP contribution is -2.19. The molecule has 0 aliphatic heterocycles. The number of aliphatic hydroxyl groups excluding tert-OH is 1. The minimum absolute atomic E-state index is 0.0109. The highest BCUT2D eigenvalue weighted by Crippen LogP contribution is 2.42. The Morgan fingerprint density at radius 2 is 1.77 bits per heavy atom.